The van der Waals surface area contributed by atoms with Gasteiger partial charge in [0.25, 0.3) is 0 Å². The van der Waals surface area contributed by atoms with Gasteiger partial charge in [0.1, 0.15) is 6.61 Å². The zero-order valence-corrected chi connectivity index (χ0v) is 15.6. The SMILES string of the molecule is CCCNCc1cc(Cl)c(OCc2cccc(Cl)c2)c(OCC)c1. The van der Waals surface area contributed by atoms with Crippen molar-refractivity contribution in [3.8, 4) is 11.5 Å². The molecule has 130 valence electrons. The largest absolute Gasteiger partial charge is 0.490 e. The number of ether oxygens (including phenoxy) is 2. The molecule has 0 spiro atoms. The van der Waals surface area contributed by atoms with E-state index in [9.17, 15) is 0 Å². The van der Waals surface area contributed by atoms with Gasteiger partial charge in [-0.05, 0) is 55.3 Å². The van der Waals surface area contributed by atoms with Gasteiger partial charge in [0.15, 0.2) is 11.5 Å². The Morgan fingerprint density at radius 2 is 1.83 bits per heavy atom. The Morgan fingerprint density at radius 1 is 1.00 bits per heavy atom. The summed E-state index contributed by atoms with van der Waals surface area (Å²) < 4.78 is 11.6. The Hall–Kier alpha value is -1.42. The van der Waals surface area contributed by atoms with Crippen molar-refractivity contribution in [3.05, 3.63) is 57.6 Å². The van der Waals surface area contributed by atoms with E-state index in [-0.39, 0.29) is 0 Å². The van der Waals surface area contributed by atoms with Crippen molar-refractivity contribution in [1.82, 2.24) is 5.32 Å². The molecule has 0 aliphatic rings. The number of benzene rings is 2. The van der Waals surface area contributed by atoms with E-state index < -0.39 is 0 Å². The summed E-state index contributed by atoms with van der Waals surface area (Å²) in [6.45, 7) is 6.73. The zero-order chi connectivity index (χ0) is 17.4. The van der Waals surface area contributed by atoms with Crippen molar-refractivity contribution in [2.75, 3.05) is 13.2 Å². The first-order valence-corrected chi connectivity index (χ1v) is 8.92. The van der Waals surface area contributed by atoms with Gasteiger partial charge in [-0.15, -0.1) is 0 Å². The first-order valence-electron chi connectivity index (χ1n) is 8.17. The van der Waals surface area contributed by atoms with E-state index in [1.165, 1.54) is 0 Å². The minimum Gasteiger partial charge on any atom is -0.490 e. The third-order valence-electron chi connectivity index (χ3n) is 3.40. The number of halogens is 2. The lowest BCUT2D eigenvalue weighted by Gasteiger charge is -2.16. The van der Waals surface area contributed by atoms with Crippen LogP contribution >= 0.6 is 23.2 Å². The third kappa shape index (κ3) is 5.59. The molecule has 2 aromatic rings. The maximum atomic E-state index is 6.42. The molecule has 0 saturated carbocycles. The van der Waals surface area contributed by atoms with Gasteiger partial charge in [-0.3, -0.25) is 0 Å². The van der Waals surface area contributed by atoms with Crippen molar-refractivity contribution in [1.29, 1.82) is 0 Å². The fourth-order valence-corrected chi connectivity index (χ4v) is 2.82. The zero-order valence-electron chi connectivity index (χ0n) is 14.1. The van der Waals surface area contributed by atoms with Gasteiger partial charge in [-0.25, -0.2) is 0 Å². The highest BCUT2D eigenvalue weighted by molar-refractivity contribution is 6.32. The van der Waals surface area contributed by atoms with E-state index in [0.29, 0.717) is 34.8 Å². The molecule has 5 heteroatoms. The molecule has 0 fully saturated rings. The third-order valence-corrected chi connectivity index (χ3v) is 3.91. The van der Waals surface area contributed by atoms with Gasteiger partial charge in [0, 0.05) is 11.6 Å². The van der Waals surface area contributed by atoms with Crippen LogP contribution in [0.2, 0.25) is 10.0 Å². The minimum absolute atomic E-state index is 0.383. The highest BCUT2D eigenvalue weighted by Crippen LogP contribution is 2.37. The maximum Gasteiger partial charge on any atom is 0.180 e. The van der Waals surface area contributed by atoms with Crippen LogP contribution in [0.1, 0.15) is 31.4 Å². The highest BCUT2D eigenvalue weighted by Gasteiger charge is 2.13. The number of hydrogen-bond acceptors (Lipinski definition) is 3. The molecule has 0 radical (unpaired) electrons. The lowest BCUT2D eigenvalue weighted by molar-refractivity contribution is 0.269. The minimum atomic E-state index is 0.383. The average Bonchev–Trinajstić information content (AvgIpc) is 2.55. The standard InChI is InChI=1S/C19H23Cl2NO2/c1-3-8-22-12-15-10-17(21)19(18(11-15)23-4-2)24-13-14-6-5-7-16(20)9-14/h5-7,9-11,22H,3-4,8,12-13H2,1-2H3. The molecular weight excluding hydrogens is 345 g/mol. The number of nitrogens with one attached hydrogen (secondary N) is 1. The van der Waals surface area contributed by atoms with Crippen molar-refractivity contribution >= 4 is 23.2 Å². The second-order valence-electron chi connectivity index (χ2n) is 5.43. The van der Waals surface area contributed by atoms with Gasteiger partial charge in [-0.2, -0.15) is 0 Å². The summed E-state index contributed by atoms with van der Waals surface area (Å²) in [7, 11) is 0. The van der Waals surface area contributed by atoms with E-state index in [2.05, 4.69) is 12.2 Å². The van der Waals surface area contributed by atoms with Crippen LogP contribution in [-0.4, -0.2) is 13.2 Å². The molecule has 0 bridgehead atoms. The van der Waals surface area contributed by atoms with Crippen LogP contribution in [0.3, 0.4) is 0 Å². The van der Waals surface area contributed by atoms with E-state index >= 15 is 0 Å². The topological polar surface area (TPSA) is 30.5 Å². The Balaban J connectivity index is 2.14. The fourth-order valence-electron chi connectivity index (χ4n) is 2.32. The number of rotatable bonds is 9. The number of hydrogen-bond donors (Lipinski definition) is 1. The van der Waals surface area contributed by atoms with Crippen LogP contribution in [-0.2, 0) is 13.2 Å². The Morgan fingerprint density at radius 3 is 2.54 bits per heavy atom. The van der Waals surface area contributed by atoms with Crippen LogP contribution in [0, 0.1) is 0 Å². The second kappa shape index (κ2) is 9.77. The molecule has 2 aromatic carbocycles. The molecule has 0 aliphatic heterocycles. The molecule has 3 nitrogen and oxygen atoms in total. The molecule has 0 atom stereocenters. The monoisotopic (exact) mass is 367 g/mol. The molecule has 2 rings (SSSR count). The molecule has 1 N–H and O–H groups in total. The van der Waals surface area contributed by atoms with Gasteiger partial charge in [0.05, 0.1) is 11.6 Å². The summed E-state index contributed by atoms with van der Waals surface area (Å²) in [5.41, 5.74) is 2.06. The predicted octanol–water partition coefficient (Wildman–Crippen LogP) is 5.47. The Labute approximate surface area is 153 Å². The molecule has 0 aromatic heterocycles. The summed E-state index contributed by atoms with van der Waals surface area (Å²) in [6, 6.07) is 11.5. The molecule has 0 heterocycles. The maximum absolute atomic E-state index is 6.42. The Kier molecular flexibility index (Phi) is 7.70. The molecule has 0 unspecified atom stereocenters. The van der Waals surface area contributed by atoms with E-state index in [1.54, 1.807) is 0 Å². The van der Waals surface area contributed by atoms with Gasteiger partial charge in [-0.1, -0.05) is 42.3 Å². The van der Waals surface area contributed by atoms with Crippen molar-refractivity contribution in [2.45, 2.75) is 33.4 Å². The molecule has 24 heavy (non-hydrogen) atoms. The Bertz CT molecular complexity index is 662. The predicted molar refractivity (Wildman–Crippen MR) is 100 cm³/mol. The van der Waals surface area contributed by atoms with Crippen LogP contribution < -0.4 is 14.8 Å². The fraction of sp³-hybridized carbons (Fsp3) is 0.368. The lowest BCUT2D eigenvalue weighted by Crippen LogP contribution is -2.14. The first kappa shape index (κ1) is 18.9. The quantitative estimate of drug-likeness (QED) is 0.596. The lowest BCUT2D eigenvalue weighted by atomic mass is 10.2. The van der Waals surface area contributed by atoms with E-state index in [1.807, 2.05) is 43.3 Å². The van der Waals surface area contributed by atoms with E-state index in [0.717, 1.165) is 30.6 Å². The molecular formula is C19H23Cl2NO2. The second-order valence-corrected chi connectivity index (χ2v) is 6.28. The molecule has 0 saturated heterocycles. The van der Waals surface area contributed by atoms with Gasteiger partial charge >= 0.3 is 0 Å². The van der Waals surface area contributed by atoms with Crippen LogP contribution in [0.5, 0.6) is 11.5 Å². The summed E-state index contributed by atoms with van der Waals surface area (Å²) in [6.07, 6.45) is 1.09. The summed E-state index contributed by atoms with van der Waals surface area (Å²) >= 11 is 12.4. The van der Waals surface area contributed by atoms with E-state index in [4.69, 9.17) is 32.7 Å². The first-order chi connectivity index (χ1) is 11.6. The van der Waals surface area contributed by atoms with Crippen LogP contribution in [0.4, 0.5) is 0 Å². The molecule has 0 aliphatic carbocycles. The summed E-state index contributed by atoms with van der Waals surface area (Å²) in [4.78, 5) is 0. The van der Waals surface area contributed by atoms with Gasteiger partial charge in [0.2, 0.25) is 0 Å². The molecule has 0 amide bonds. The van der Waals surface area contributed by atoms with Gasteiger partial charge < -0.3 is 14.8 Å². The normalized spacial score (nSPS) is 10.7. The average molecular weight is 368 g/mol. The van der Waals surface area contributed by atoms with Crippen LogP contribution in [0.25, 0.3) is 0 Å². The van der Waals surface area contributed by atoms with Crippen molar-refractivity contribution in [3.63, 3.8) is 0 Å². The highest BCUT2D eigenvalue weighted by atomic mass is 35.5. The summed E-state index contributed by atoms with van der Waals surface area (Å²) in [5.74, 6) is 1.23. The van der Waals surface area contributed by atoms with Crippen LogP contribution in [0.15, 0.2) is 36.4 Å². The van der Waals surface area contributed by atoms with Crippen molar-refractivity contribution < 1.29 is 9.47 Å². The van der Waals surface area contributed by atoms with Crippen molar-refractivity contribution in [2.24, 2.45) is 0 Å². The summed E-state index contributed by atoms with van der Waals surface area (Å²) in [5, 5.41) is 4.60. The smallest absolute Gasteiger partial charge is 0.180 e.